The first-order chi connectivity index (χ1) is 12.6. The number of aromatic nitrogens is 1. The summed E-state index contributed by atoms with van der Waals surface area (Å²) in [5, 5.41) is 21.6. The first kappa shape index (κ1) is 20.6. The normalized spacial score (nSPS) is 14.0. The zero-order valence-electron chi connectivity index (χ0n) is 13.5. The molecule has 27 heavy (non-hydrogen) atoms. The van der Waals surface area contributed by atoms with Crippen molar-refractivity contribution in [1.82, 2.24) is 4.98 Å². The Balaban J connectivity index is 2.20. The number of aliphatic carboxylic acids is 1. The number of carbonyl (C=O) groups excluding carboxylic acids is 1. The number of benzene rings is 1. The molecule has 0 fully saturated rings. The van der Waals surface area contributed by atoms with Gasteiger partial charge in [0.25, 0.3) is 0 Å². The first-order valence-corrected chi connectivity index (χ1v) is 7.54. The lowest BCUT2D eigenvalue weighted by Gasteiger charge is -2.24. The van der Waals surface area contributed by atoms with Gasteiger partial charge >= 0.3 is 12.5 Å². The van der Waals surface area contributed by atoms with Gasteiger partial charge in [0.1, 0.15) is 5.75 Å². The Kier molecular flexibility index (Phi) is 6.32. The molecule has 0 spiro atoms. The van der Waals surface area contributed by atoms with Gasteiger partial charge in [-0.25, -0.2) is 4.98 Å². The van der Waals surface area contributed by atoms with E-state index < -0.39 is 48.6 Å². The molecule has 1 aromatic heterocycles. The quantitative estimate of drug-likeness (QED) is 0.552. The van der Waals surface area contributed by atoms with E-state index in [0.29, 0.717) is 0 Å². The highest BCUT2D eigenvalue weighted by Crippen LogP contribution is 2.30. The fraction of sp³-hybridized carbons (Fsp3) is 0.294. The number of pyridine rings is 1. The second-order valence-corrected chi connectivity index (χ2v) is 5.60. The predicted octanol–water partition coefficient (Wildman–Crippen LogP) is 2.10. The average Bonchev–Trinajstić information content (AvgIpc) is 2.59. The van der Waals surface area contributed by atoms with Crippen LogP contribution in [0.4, 0.5) is 22.0 Å². The highest BCUT2D eigenvalue weighted by molar-refractivity contribution is 5.69. The van der Waals surface area contributed by atoms with Gasteiger partial charge in [-0.1, -0.05) is 18.2 Å². The van der Waals surface area contributed by atoms with Gasteiger partial charge in [-0.3, -0.25) is 0 Å². The Morgan fingerprint density at radius 2 is 1.96 bits per heavy atom. The molecule has 0 amide bonds. The van der Waals surface area contributed by atoms with Gasteiger partial charge < -0.3 is 19.7 Å². The molecule has 5 nitrogen and oxygen atoms in total. The molecular weight excluding hydrogens is 377 g/mol. The molecule has 1 heterocycles. The largest absolute Gasteiger partial charge is 0.550 e. The summed E-state index contributed by atoms with van der Waals surface area (Å²) < 4.78 is 67.2. The van der Waals surface area contributed by atoms with E-state index in [-0.39, 0.29) is 11.1 Å². The summed E-state index contributed by atoms with van der Waals surface area (Å²) in [7, 11) is 0. The number of carboxylic acids is 1. The Morgan fingerprint density at radius 3 is 2.52 bits per heavy atom. The highest BCUT2D eigenvalue weighted by Gasteiger charge is 2.44. The first-order valence-electron chi connectivity index (χ1n) is 7.54. The number of nitrogens with zero attached hydrogens (tertiary/aromatic N) is 1. The number of aliphatic hydroxyl groups excluding tert-OH is 1. The van der Waals surface area contributed by atoms with E-state index in [1.54, 1.807) is 0 Å². The number of alkyl halides is 4. The van der Waals surface area contributed by atoms with Crippen molar-refractivity contribution in [2.24, 2.45) is 5.92 Å². The van der Waals surface area contributed by atoms with Crippen LogP contribution in [-0.2, 0) is 11.2 Å². The van der Waals surface area contributed by atoms with Crippen molar-refractivity contribution < 1.29 is 41.7 Å². The number of ether oxygens (including phenoxy) is 1. The maximum atomic E-state index is 13.0. The lowest BCUT2D eigenvalue weighted by atomic mass is 9.90. The summed E-state index contributed by atoms with van der Waals surface area (Å²) in [6.07, 6.45) is -9.84. The molecule has 0 bridgehead atoms. The van der Waals surface area contributed by atoms with Crippen molar-refractivity contribution in [3.63, 3.8) is 0 Å². The minimum Gasteiger partial charge on any atom is -0.550 e. The lowest BCUT2D eigenvalue weighted by Crippen LogP contribution is -2.36. The Morgan fingerprint density at radius 1 is 1.26 bits per heavy atom. The van der Waals surface area contributed by atoms with Crippen molar-refractivity contribution in [3.05, 3.63) is 59.7 Å². The van der Waals surface area contributed by atoms with Crippen molar-refractivity contribution in [2.75, 3.05) is 0 Å². The summed E-state index contributed by atoms with van der Waals surface area (Å²) in [5.41, 5.74) is 0.114. The zero-order chi connectivity index (χ0) is 20.2. The van der Waals surface area contributed by atoms with Crippen LogP contribution in [0.25, 0.3) is 0 Å². The van der Waals surface area contributed by atoms with Crippen LogP contribution in [0.5, 0.6) is 5.75 Å². The van der Waals surface area contributed by atoms with Gasteiger partial charge in [0.05, 0.1) is 6.10 Å². The van der Waals surface area contributed by atoms with E-state index >= 15 is 0 Å². The van der Waals surface area contributed by atoms with Crippen LogP contribution >= 0.6 is 0 Å². The maximum Gasteiger partial charge on any atom is 0.461 e. The molecule has 2 unspecified atom stereocenters. The topological polar surface area (TPSA) is 82.5 Å². The predicted molar refractivity (Wildman–Crippen MR) is 79.4 cm³/mol. The second kappa shape index (κ2) is 8.30. The fourth-order valence-electron chi connectivity index (χ4n) is 2.31. The van der Waals surface area contributed by atoms with Crippen LogP contribution in [0.3, 0.4) is 0 Å². The lowest BCUT2D eigenvalue weighted by molar-refractivity contribution is -0.314. The van der Waals surface area contributed by atoms with Gasteiger partial charge in [0.15, 0.2) is 0 Å². The Hall–Kier alpha value is -2.75. The molecule has 10 heteroatoms. The zero-order valence-corrected chi connectivity index (χ0v) is 13.5. The second-order valence-electron chi connectivity index (χ2n) is 5.60. The van der Waals surface area contributed by atoms with E-state index in [1.807, 2.05) is 0 Å². The minimum absolute atomic E-state index is 0.00207. The smallest absolute Gasteiger partial charge is 0.461 e. The molecule has 0 aliphatic carbocycles. The molecule has 2 aromatic rings. The summed E-state index contributed by atoms with van der Waals surface area (Å²) in [6, 6.07) is 6.52. The van der Waals surface area contributed by atoms with Crippen LogP contribution in [0, 0.1) is 11.9 Å². The molecule has 0 radical (unpaired) electrons. The van der Waals surface area contributed by atoms with Crippen molar-refractivity contribution >= 4 is 5.97 Å². The molecule has 0 saturated heterocycles. The van der Waals surface area contributed by atoms with Gasteiger partial charge in [-0.2, -0.15) is 22.0 Å². The molecule has 2 rings (SSSR count). The summed E-state index contributed by atoms with van der Waals surface area (Å²) in [4.78, 5) is 14.7. The number of rotatable bonds is 8. The molecule has 0 saturated carbocycles. The average molecular weight is 390 g/mol. The van der Waals surface area contributed by atoms with E-state index in [1.165, 1.54) is 12.1 Å². The number of carboxylic acid groups (broad SMARTS) is 1. The SMILES string of the molecule is O=C([O-])C(Cc1cccc(OC(F)(F)C(F)F)c1)C(O)c1ccc(F)nc1. The molecule has 1 N–H and O–H groups in total. The molecular formula is C17H13F5NO4-. The Bertz CT molecular complexity index is 785. The van der Waals surface area contributed by atoms with Gasteiger partial charge in [0.2, 0.25) is 5.95 Å². The third kappa shape index (κ3) is 5.36. The van der Waals surface area contributed by atoms with Crippen molar-refractivity contribution in [2.45, 2.75) is 25.1 Å². The minimum atomic E-state index is -4.72. The molecule has 0 aliphatic heterocycles. The molecule has 2 atom stereocenters. The van der Waals surface area contributed by atoms with Crippen molar-refractivity contribution in [3.8, 4) is 5.75 Å². The third-order valence-corrected chi connectivity index (χ3v) is 3.64. The van der Waals surface area contributed by atoms with E-state index in [9.17, 15) is 37.0 Å². The summed E-state index contributed by atoms with van der Waals surface area (Å²) >= 11 is 0. The number of carbonyl (C=O) groups is 1. The third-order valence-electron chi connectivity index (χ3n) is 3.64. The monoisotopic (exact) mass is 390 g/mol. The number of hydrogen-bond donors (Lipinski definition) is 1. The van der Waals surface area contributed by atoms with Gasteiger partial charge in [0, 0.05) is 18.1 Å². The van der Waals surface area contributed by atoms with Crippen LogP contribution in [-0.4, -0.2) is 28.6 Å². The molecule has 0 aliphatic rings. The van der Waals surface area contributed by atoms with Gasteiger partial charge in [-0.15, -0.1) is 0 Å². The van der Waals surface area contributed by atoms with Crippen molar-refractivity contribution in [1.29, 1.82) is 0 Å². The standard InChI is InChI=1S/C17H14F5NO4/c18-13-5-4-10(8-23-13)14(24)12(15(25)26)7-9-2-1-3-11(6-9)27-17(21,22)16(19)20/h1-6,8,12,14,16,24H,7H2,(H,25,26)/p-1. The van der Waals surface area contributed by atoms with Gasteiger partial charge in [-0.05, 0) is 35.7 Å². The fourth-order valence-corrected chi connectivity index (χ4v) is 2.31. The summed E-state index contributed by atoms with van der Waals surface area (Å²) in [6.45, 7) is 0. The Labute approximate surface area is 150 Å². The molecule has 146 valence electrons. The number of hydrogen-bond acceptors (Lipinski definition) is 5. The van der Waals surface area contributed by atoms with Crippen LogP contribution in [0.2, 0.25) is 0 Å². The van der Waals surface area contributed by atoms with E-state index in [4.69, 9.17) is 0 Å². The van der Waals surface area contributed by atoms with Crippen LogP contribution in [0.1, 0.15) is 17.2 Å². The van der Waals surface area contributed by atoms with E-state index in [2.05, 4.69) is 9.72 Å². The number of aliphatic hydroxyl groups is 1. The highest BCUT2D eigenvalue weighted by atomic mass is 19.3. The molecule has 1 aromatic carbocycles. The summed E-state index contributed by atoms with van der Waals surface area (Å²) in [5.74, 6) is -4.63. The van der Waals surface area contributed by atoms with E-state index in [0.717, 1.165) is 30.5 Å². The van der Waals surface area contributed by atoms with Crippen LogP contribution in [0.15, 0.2) is 42.6 Å². The van der Waals surface area contributed by atoms with Crippen LogP contribution < -0.4 is 9.84 Å². The maximum absolute atomic E-state index is 13.0. The number of halogens is 5.